The van der Waals surface area contributed by atoms with Crippen LogP contribution < -0.4 is 15.4 Å². The molecule has 0 bridgehead atoms. The summed E-state index contributed by atoms with van der Waals surface area (Å²) in [6, 6.07) is 14.9. The van der Waals surface area contributed by atoms with Gasteiger partial charge in [-0.3, -0.25) is 9.59 Å². The molecule has 2 amide bonds. The van der Waals surface area contributed by atoms with Crippen LogP contribution in [0.2, 0.25) is 0 Å². The quantitative estimate of drug-likeness (QED) is 0.696. The van der Waals surface area contributed by atoms with Crippen LogP contribution in [0.15, 0.2) is 54.6 Å². The fraction of sp³-hybridized carbons (Fsp3) is 0.250. The van der Waals surface area contributed by atoms with Crippen LogP contribution in [0.3, 0.4) is 0 Å². The minimum atomic E-state index is -0.709. The second kappa shape index (κ2) is 9.96. The zero-order valence-corrected chi connectivity index (χ0v) is 15.2. The van der Waals surface area contributed by atoms with Gasteiger partial charge in [-0.2, -0.15) is 0 Å². The lowest BCUT2D eigenvalue weighted by atomic mass is 10.2. The smallest absolute Gasteiger partial charge is 0.338 e. The molecule has 7 nitrogen and oxygen atoms in total. The van der Waals surface area contributed by atoms with Crippen LogP contribution in [0.5, 0.6) is 11.5 Å². The molecule has 0 spiro atoms. The number of hydrogen-bond donors (Lipinski definition) is 2. The predicted octanol–water partition coefficient (Wildman–Crippen LogP) is 2.28. The topological polar surface area (TPSA) is 93.7 Å². The van der Waals surface area contributed by atoms with E-state index in [1.807, 2.05) is 18.2 Å². The van der Waals surface area contributed by atoms with E-state index in [9.17, 15) is 14.4 Å². The minimum Gasteiger partial charge on any atom is -0.457 e. The molecular formula is C20H22N2O5. The Morgan fingerprint density at radius 1 is 1.00 bits per heavy atom. The fourth-order valence-electron chi connectivity index (χ4n) is 2.20. The van der Waals surface area contributed by atoms with Gasteiger partial charge < -0.3 is 20.1 Å². The van der Waals surface area contributed by atoms with Crippen LogP contribution in [0.1, 0.15) is 24.2 Å². The summed E-state index contributed by atoms with van der Waals surface area (Å²) in [6.07, 6.45) is 0. The fourth-order valence-corrected chi connectivity index (χ4v) is 2.20. The van der Waals surface area contributed by atoms with Crippen molar-refractivity contribution in [3.8, 4) is 11.5 Å². The van der Waals surface area contributed by atoms with Crippen molar-refractivity contribution >= 4 is 17.8 Å². The van der Waals surface area contributed by atoms with Crippen LogP contribution in [0.25, 0.3) is 0 Å². The summed E-state index contributed by atoms with van der Waals surface area (Å²) in [6.45, 7) is 3.32. The van der Waals surface area contributed by atoms with Crippen LogP contribution in [0.4, 0.5) is 0 Å². The molecule has 0 aliphatic heterocycles. The minimum absolute atomic E-state index is 0.257. The first-order valence-corrected chi connectivity index (χ1v) is 8.56. The largest absolute Gasteiger partial charge is 0.457 e. The SMILES string of the molecule is CCNC(=O)[C@@H](C)NC(=O)COC(=O)c1cccc(Oc2ccccc2)c1. The second-order valence-corrected chi connectivity index (χ2v) is 5.70. The number of benzene rings is 2. The highest BCUT2D eigenvalue weighted by atomic mass is 16.5. The van der Waals surface area contributed by atoms with Gasteiger partial charge in [-0.05, 0) is 44.2 Å². The van der Waals surface area contributed by atoms with Crippen molar-refractivity contribution in [1.82, 2.24) is 10.6 Å². The monoisotopic (exact) mass is 370 g/mol. The van der Waals surface area contributed by atoms with Gasteiger partial charge in [0, 0.05) is 6.54 Å². The Labute approximate surface area is 157 Å². The molecule has 0 saturated heterocycles. The van der Waals surface area contributed by atoms with E-state index in [0.29, 0.717) is 18.0 Å². The van der Waals surface area contributed by atoms with Gasteiger partial charge in [0.25, 0.3) is 5.91 Å². The molecule has 0 saturated carbocycles. The van der Waals surface area contributed by atoms with E-state index in [0.717, 1.165) is 0 Å². The highest BCUT2D eigenvalue weighted by Crippen LogP contribution is 2.22. The van der Waals surface area contributed by atoms with Gasteiger partial charge in [-0.25, -0.2) is 4.79 Å². The van der Waals surface area contributed by atoms with Gasteiger partial charge in [0.1, 0.15) is 17.5 Å². The van der Waals surface area contributed by atoms with E-state index in [1.54, 1.807) is 44.2 Å². The third-order valence-electron chi connectivity index (χ3n) is 3.50. The Balaban J connectivity index is 1.88. The molecule has 0 aromatic heterocycles. The molecule has 7 heteroatoms. The molecule has 2 aromatic rings. The lowest BCUT2D eigenvalue weighted by molar-refractivity contribution is -0.130. The number of carbonyl (C=O) groups is 3. The van der Waals surface area contributed by atoms with E-state index in [4.69, 9.17) is 9.47 Å². The molecule has 27 heavy (non-hydrogen) atoms. The summed E-state index contributed by atoms with van der Waals surface area (Å²) < 4.78 is 10.7. The third-order valence-corrected chi connectivity index (χ3v) is 3.50. The molecule has 2 rings (SSSR count). The van der Waals surface area contributed by atoms with Crippen LogP contribution in [-0.2, 0) is 14.3 Å². The van der Waals surface area contributed by atoms with Crippen molar-refractivity contribution in [2.45, 2.75) is 19.9 Å². The number of esters is 1. The number of amides is 2. The van der Waals surface area contributed by atoms with Gasteiger partial charge in [-0.1, -0.05) is 24.3 Å². The maximum absolute atomic E-state index is 12.1. The van der Waals surface area contributed by atoms with Crippen LogP contribution in [0, 0.1) is 0 Å². The molecule has 1 atom stereocenters. The normalized spacial score (nSPS) is 11.2. The van der Waals surface area contributed by atoms with Crippen molar-refractivity contribution in [1.29, 1.82) is 0 Å². The molecule has 0 heterocycles. The molecule has 142 valence electrons. The number of carbonyl (C=O) groups excluding carboxylic acids is 3. The molecule has 0 unspecified atom stereocenters. The number of rotatable bonds is 8. The zero-order chi connectivity index (χ0) is 19.6. The Bertz CT molecular complexity index is 792. The second-order valence-electron chi connectivity index (χ2n) is 5.70. The van der Waals surface area contributed by atoms with Gasteiger partial charge in [0.15, 0.2) is 6.61 Å². The van der Waals surface area contributed by atoms with E-state index in [1.165, 1.54) is 6.07 Å². The summed E-state index contributed by atoms with van der Waals surface area (Å²) >= 11 is 0. The average molecular weight is 370 g/mol. The van der Waals surface area contributed by atoms with Crippen molar-refractivity contribution in [3.05, 3.63) is 60.2 Å². The van der Waals surface area contributed by atoms with Gasteiger partial charge >= 0.3 is 5.97 Å². The number of nitrogens with one attached hydrogen (secondary N) is 2. The summed E-state index contributed by atoms with van der Waals surface area (Å²) in [5, 5.41) is 5.05. The first-order chi connectivity index (χ1) is 13.0. The number of likely N-dealkylation sites (N-methyl/N-ethyl adjacent to an activating group) is 1. The van der Waals surface area contributed by atoms with Crippen LogP contribution in [-0.4, -0.2) is 37.0 Å². The molecule has 0 aliphatic carbocycles. The lowest BCUT2D eigenvalue weighted by Crippen LogP contribution is -2.46. The van der Waals surface area contributed by atoms with Gasteiger partial charge in [-0.15, -0.1) is 0 Å². The standard InChI is InChI=1S/C20H22N2O5/c1-3-21-19(24)14(2)22-18(23)13-26-20(25)15-8-7-11-17(12-15)27-16-9-5-4-6-10-16/h4-12,14H,3,13H2,1-2H3,(H,21,24)(H,22,23)/t14-/m1/s1. The Kier molecular flexibility index (Phi) is 7.37. The molecule has 2 aromatic carbocycles. The summed E-state index contributed by atoms with van der Waals surface area (Å²) in [7, 11) is 0. The van der Waals surface area contributed by atoms with Crippen molar-refractivity contribution in [3.63, 3.8) is 0 Å². The van der Waals surface area contributed by atoms with E-state index >= 15 is 0 Å². The highest BCUT2D eigenvalue weighted by molar-refractivity contribution is 5.92. The van der Waals surface area contributed by atoms with E-state index < -0.39 is 24.5 Å². The molecule has 0 radical (unpaired) electrons. The molecular weight excluding hydrogens is 348 g/mol. The first kappa shape index (κ1) is 20.0. The Morgan fingerprint density at radius 3 is 2.41 bits per heavy atom. The number of hydrogen-bond acceptors (Lipinski definition) is 5. The van der Waals surface area contributed by atoms with Crippen LogP contribution >= 0.6 is 0 Å². The number of para-hydroxylation sites is 1. The highest BCUT2D eigenvalue weighted by Gasteiger charge is 2.16. The van der Waals surface area contributed by atoms with Gasteiger partial charge in [0.2, 0.25) is 5.91 Å². The Morgan fingerprint density at radius 2 is 1.70 bits per heavy atom. The van der Waals surface area contributed by atoms with Gasteiger partial charge in [0.05, 0.1) is 5.56 Å². The number of ether oxygens (including phenoxy) is 2. The molecule has 2 N–H and O–H groups in total. The van der Waals surface area contributed by atoms with E-state index in [2.05, 4.69) is 10.6 Å². The van der Waals surface area contributed by atoms with Crippen molar-refractivity contribution in [2.24, 2.45) is 0 Å². The molecule has 0 aliphatic rings. The third kappa shape index (κ3) is 6.47. The van der Waals surface area contributed by atoms with Crippen molar-refractivity contribution in [2.75, 3.05) is 13.2 Å². The van der Waals surface area contributed by atoms with E-state index in [-0.39, 0.29) is 11.5 Å². The predicted molar refractivity (Wildman–Crippen MR) is 99.5 cm³/mol. The summed E-state index contributed by atoms with van der Waals surface area (Å²) in [5.41, 5.74) is 0.257. The average Bonchev–Trinajstić information content (AvgIpc) is 2.67. The maximum Gasteiger partial charge on any atom is 0.338 e. The molecule has 0 fully saturated rings. The Hall–Kier alpha value is -3.35. The maximum atomic E-state index is 12.1. The first-order valence-electron chi connectivity index (χ1n) is 8.56. The summed E-state index contributed by atoms with van der Waals surface area (Å²) in [4.78, 5) is 35.5. The van der Waals surface area contributed by atoms with Crippen molar-refractivity contribution < 1.29 is 23.9 Å². The summed E-state index contributed by atoms with van der Waals surface area (Å²) in [5.74, 6) is -0.400. The lowest BCUT2D eigenvalue weighted by Gasteiger charge is -2.13. The zero-order valence-electron chi connectivity index (χ0n) is 15.2.